The van der Waals surface area contributed by atoms with Crippen LogP contribution in [0.3, 0.4) is 0 Å². The lowest BCUT2D eigenvalue weighted by molar-refractivity contribution is 0.166. The molecule has 1 unspecified atom stereocenters. The zero-order valence-corrected chi connectivity index (χ0v) is 13.1. The second-order valence-corrected chi connectivity index (χ2v) is 7.36. The quantitative estimate of drug-likeness (QED) is 0.915. The number of benzene rings is 2. The molecular weight excluding hydrogens is 324 g/mol. The van der Waals surface area contributed by atoms with Crippen LogP contribution < -0.4 is 4.31 Å². The molecule has 4 nitrogen and oxygen atoms in total. The van der Waals surface area contributed by atoms with Crippen LogP contribution in [0.2, 0.25) is 0 Å². The maximum atomic E-state index is 13.4. The van der Waals surface area contributed by atoms with E-state index in [9.17, 15) is 22.3 Å². The van der Waals surface area contributed by atoms with Crippen molar-refractivity contribution in [2.75, 3.05) is 10.8 Å². The van der Waals surface area contributed by atoms with Gasteiger partial charge in [-0.25, -0.2) is 17.2 Å². The van der Waals surface area contributed by atoms with Gasteiger partial charge in [0.1, 0.15) is 11.6 Å². The maximum absolute atomic E-state index is 13.4. The van der Waals surface area contributed by atoms with Crippen LogP contribution in [0.15, 0.2) is 41.3 Å². The van der Waals surface area contributed by atoms with Gasteiger partial charge >= 0.3 is 0 Å². The normalized spacial score (nSPS) is 17.9. The lowest BCUT2D eigenvalue weighted by Crippen LogP contribution is -2.36. The Bertz CT molecular complexity index is 868. The summed E-state index contributed by atoms with van der Waals surface area (Å²) in [7, 11) is -3.92. The minimum absolute atomic E-state index is 0.0388. The molecule has 1 aliphatic rings. The SMILES string of the molecule is Cc1cc(S(=O)(=O)N2CCC(O)c3cc(F)ccc32)ccc1F. The standard InChI is InChI=1S/C16H15F2NO3S/c1-10-8-12(3-4-14(10)18)23(21,22)19-7-6-16(20)13-9-11(17)2-5-15(13)19/h2-5,8-9,16,20H,6-7H2,1H3. The molecule has 0 spiro atoms. The predicted molar refractivity (Wildman–Crippen MR) is 81.6 cm³/mol. The third kappa shape index (κ3) is 2.70. The van der Waals surface area contributed by atoms with Crippen LogP contribution in [0.1, 0.15) is 23.7 Å². The van der Waals surface area contributed by atoms with Crippen molar-refractivity contribution in [1.29, 1.82) is 0 Å². The van der Waals surface area contributed by atoms with E-state index in [4.69, 9.17) is 0 Å². The van der Waals surface area contributed by atoms with E-state index >= 15 is 0 Å². The zero-order chi connectivity index (χ0) is 16.8. The Kier molecular flexibility index (Phi) is 3.85. The molecule has 3 rings (SSSR count). The number of aliphatic hydroxyl groups is 1. The summed E-state index contributed by atoms with van der Waals surface area (Å²) in [6.07, 6.45) is -0.752. The first kappa shape index (κ1) is 15.9. The number of hydrogen-bond donors (Lipinski definition) is 1. The van der Waals surface area contributed by atoms with Crippen molar-refractivity contribution < 1.29 is 22.3 Å². The van der Waals surface area contributed by atoms with Crippen molar-refractivity contribution in [3.8, 4) is 0 Å². The van der Waals surface area contributed by atoms with Crippen LogP contribution >= 0.6 is 0 Å². The summed E-state index contributed by atoms with van der Waals surface area (Å²) in [6, 6.07) is 7.19. The van der Waals surface area contributed by atoms with Crippen molar-refractivity contribution in [2.24, 2.45) is 0 Å². The minimum atomic E-state index is -3.92. The molecule has 2 aromatic rings. The van der Waals surface area contributed by atoms with Crippen LogP contribution in [0.4, 0.5) is 14.5 Å². The van der Waals surface area contributed by atoms with Gasteiger partial charge in [0, 0.05) is 12.1 Å². The van der Waals surface area contributed by atoms with Gasteiger partial charge in [-0.2, -0.15) is 0 Å². The number of aliphatic hydroxyl groups excluding tert-OH is 1. The summed E-state index contributed by atoms with van der Waals surface area (Å²) in [5.74, 6) is -1.03. The number of fused-ring (bicyclic) bond motifs is 1. The van der Waals surface area contributed by atoms with Crippen LogP contribution in [0.5, 0.6) is 0 Å². The number of anilines is 1. The molecule has 1 aliphatic heterocycles. The molecule has 23 heavy (non-hydrogen) atoms. The summed E-state index contributed by atoms with van der Waals surface area (Å²) < 4.78 is 53.6. The van der Waals surface area contributed by atoms with Crippen molar-refractivity contribution in [3.63, 3.8) is 0 Å². The van der Waals surface area contributed by atoms with E-state index in [-0.39, 0.29) is 34.7 Å². The largest absolute Gasteiger partial charge is 0.388 e. The highest BCUT2D eigenvalue weighted by molar-refractivity contribution is 7.92. The van der Waals surface area contributed by atoms with Gasteiger partial charge in [0.05, 0.1) is 16.7 Å². The number of halogens is 2. The Balaban J connectivity index is 2.11. The second kappa shape index (κ2) is 5.58. The van der Waals surface area contributed by atoms with Gasteiger partial charge in [0.15, 0.2) is 0 Å². The van der Waals surface area contributed by atoms with Crippen LogP contribution in [0.25, 0.3) is 0 Å². The van der Waals surface area contributed by atoms with Gasteiger partial charge < -0.3 is 5.11 Å². The lowest BCUT2D eigenvalue weighted by Gasteiger charge is -2.33. The molecule has 0 aromatic heterocycles. The van der Waals surface area contributed by atoms with Gasteiger partial charge in [-0.05, 0) is 55.3 Å². The molecule has 7 heteroatoms. The molecule has 0 fully saturated rings. The fraction of sp³-hybridized carbons (Fsp3) is 0.250. The number of hydrogen-bond acceptors (Lipinski definition) is 3. The highest BCUT2D eigenvalue weighted by atomic mass is 32.2. The van der Waals surface area contributed by atoms with Gasteiger partial charge in [-0.15, -0.1) is 0 Å². The van der Waals surface area contributed by atoms with E-state index in [2.05, 4.69) is 0 Å². The number of rotatable bonds is 2. The molecule has 1 N–H and O–H groups in total. The Hall–Kier alpha value is -1.99. The summed E-state index contributed by atoms with van der Waals surface area (Å²) in [4.78, 5) is -0.0388. The van der Waals surface area contributed by atoms with Crippen molar-refractivity contribution in [3.05, 3.63) is 59.2 Å². The second-order valence-electron chi connectivity index (χ2n) is 5.50. The molecule has 0 saturated carbocycles. The van der Waals surface area contributed by atoms with Gasteiger partial charge in [-0.1, -0.05) is 0 Å². The van der Waals surface area contributed by atoms with Crippen molar-refractivity contribution in [1.82, 2.24) is 0 Å². The van der Waals surface area contributed by atoms with E-state index < -0.39 is 27.8 Å². The Morgan fingerprint density at radius 2 is 1.91 bits per heavy atom. The van der Waals surface area contributed by atoms with E-state index in [0.29, 0.717) is 0 Å². The molecular formula is C16H15F2NO3S. The topological polar surface area (TPSA) is 57.6 Å². The highest BCUT2D eigenvalue weighted by Gasteiger charge is 2.32. The van der Waals surface area contributed by atoms with E-state index in [1.165, 1.54) is 25.1 Å². The number of nitrogens with zero attached hydrogens (tertiary/aromatic N) is 1. The number of aryl methyl sites for hydroxylation is 1. The van der Waals surface area contributed by atoms with Gasteiger partial charge in [0.2, 0.25) is 0 Å². The molecule has 0 saturated heterocycles. The first-order valence-corrected chi connectivity index (χ1v) is 8.51. The van der Waals surface area contributed by atoms with Crippen molar-refractivity contribution in [2.45, 2.75) is 24.3 Å². The summed E-state index contributed by atoms with van der Waals surface area (Å²) in [5.41, 5.74) is 0.702. The summed E-state index contributed by atoms with van der Waals surface area (Å²) in [5, 5.41) is 9.98. The first-order chi connectivity index (χ1) is 10.8. The molecule has 0 radical (unpaired) electrons. The average molecular weight is 339 g/mol. The van der Waals surface area contributed by atoms with E-state index in [1.807, 2.05) is 0 Å². The molecule has 2 aromatic carbocycles. The third-order valence-electron chi connectivity index (χ3n) is 3.94. The zero-order valence-electron chi connectivity index (χ0n) is 12.3. The minimum Gasteiger partial charge on any atom is -0.388 e. The Labute approximate surface area is 133 Å². The average Bonchev–Trinajstić information content (AvgIpc) is 2.50. The fourth-order valence-corrected chi connectivity index (χ4v) is 4.28. The monoisotopic (exact) mass is 339 g/mol. The van der Waals surface area contributed by atoms with Crippen LogP contribution in [-0.2, 0) is 10.0 Å². The summed E-state index contributed by atoms with van der Waals surface area (Å²) >= 11 is 0. The van der Waals surface area contributed by atoms with E-state index in [0.717, 1.165) is 22.5 Å². The highest BCUT2D eigenvalue weighted by Crippen LogP contribution is 2.37. The third-order valence-corrected chi connectivity index (χ3v) is 5.75. The lowest BCUT2D eigenvalue weighted by atomic mass is 10.0. The fourth-order valence-electron chi connectivity index (χ4n) is 2.69. The Morgan fingerprint density at radius 3 is 2.61 bits per heavy atom. The number of sulfonamides is 1. The van der Waals surface area contributed by atoms with Gasteiger partial charge in [-0.3, -0.25) is 4.31 Å². The molecule has 0 aliphatic carbocycles. The molecule has 0 bridgehead atoms. The molecule has 0 amide bonds. The van der Waals surface area contributed by atoms with Gasteiger partial charge in [0.25, 0.3) is 10.0 Å². The Morgan fingerprint density at radius 1 is 1.17 bits per heavy atom. The van der Waals surface area contributed by atoms with E-state index in [1.54, 1.807) is 0 Å². The predicted octanol–water partition coefficient (Wildman–Crippen LogP) is 2.91. The molecule has 1 atom stereocenters. The first-order valence-electron chi connectivity index (χ1n) is 7.07. The van der Waals surface area contributed by atoms with Crippen LogP contribution in [0, 0.1) is 18.6 Å². The molecule has 122 valence electrons. The van der Waals surface area contributed by atoms with Crippen LogP contribution in [-0.4, -0.2) is 20.1 Å². The maximum Gasteiger partial charge on any atom is 0.264 e. The smallest absolute Gasteiger partial charge is 0.264 e. The van der Waals surface area contributed by atoms with Crippen molar-refractivity contribution >= 4 is 15.7 Å². The summed E-state index contributed by atoms with van der Waals surface area (Å²) in [6.45, 7) is 1.55. The molecule has 1 heterocycles.